The van der Waals surface area contributed by atoms with Crippen LogP contribution in [0.5, 0.6) is 0 Å². The Morgan fingerprint density at radius 3 is 2.18 bits per heavy atom. The fourth-order valence-electron chi connectivity index (χ4n) is 0.448. The molecule has 0 radical (unpaired) electrons. The number of aliphatic carboxylic acids is 2. The molecule has 0 aromatic rings. The third-order valence-corrected chi connectivity index (χ3v) is 1.04. The topological polar surface area (TPSA) is 101 Å². The number of carboxylic acids is 2. The van der Waals surface area contributed by atoms with Gasteiger partial charge in [0.25, 0.3) is 0 Å². The summed E-state index contributed by atoms with van der Waals surface area (Å²) >= 11 is 0. The smallest absolute Gasteiger partial charge is 0.323 e. The molecular weight excluding hydrogens is 157 g/mol. The second-order valence-corrected chi connectivity index (χ2v) is 1.98. The van der Waals surface area contributed by atoms with Gasteiger partial charge in [0.05, 0.1) is 6.42 Å². The minimum absolute atomic E-state index is 0.881. The first-order valence-corrected chi connectivity index (χ1v) is 2.79. The van der Waals surface area contributed by atoms with Crippen LogP contribution in [0.4, 0.5) is 4.39 Å². The van der Waals surface area contributed by atoms with Gasteiger partial charge in [0, 0.05) is 0 Å². The van der Waals surface area contributed by atoms with Crippen LogP contribution < -0.4 is 5.73 Å². The zero-order chi connectivity index (χ0) is 9.02. The predicted octanol–water partition coefficient (Wildman–Crippen LogP) is -0.789. The van der Waals surface area contributed by atoms with E-state index in [0.717, 1.165) is 0 Å². The molecule has 0 saturated carbocycles. The number of alkyl halides is 1. The lowest BCUT2D eigenvalue weighted by molar-refractivity contribution is -0.142. The van der Waals surface area contributed by atoms with E-state index in [1.807, 2.05) is 0 Å². The molecule has 0 heterocycles. The molecule has 11 heavy (non-hydrogen) atoms. The van der Waals surface area contributed by atoms with Gasteiger partial charge in [0.2, 0.25) is 0 Å². The maximum absolute atomic E-state index is 12.4. The monoisotopic (exact) mass is 165 g/mol. The van der Waals surface area contributed by atoms with E-state index >= 15 is 0 Å². The lowest BCUT2D eigenvalue weighted by atomic mass is 10.1. The van der Waals surface area contributed by atoms with Crippen molar-refractivity contribution in [3.05, 3.63) is 0 Å². The molecule has 0 aromatic heterocycles. The molecule has 6 heteroatoms. The number of carbonyl (C=O) groups is 2. The average Bonchev–Trinajstić information content (AvgIpc) is 1.84. The lowest BCUT2D eigenvalue weighted by Crippen LogP contribution is -2.40. The number of hydrogen-bond donors (Lipinski definition) is 3. The first kappa shape index (κ1) is 9.83. The quantitative estimate of drug-likeness (QED) is 0.506. The first-order chi connectivity index (χ1) is 4.95. The van der Waals surface area contributed by atoms with Crippen molar-refractivity contribution in [3.8, 4) is 0 Å². The van der Waals surface area contributed by atoms with E-state index in [4.69, 9.17) is 15.9 Å². The molecule has 0 aliphatic rings. The molecule has 0 spiro atoms. The van der Waals surface area contributed by atoms with Gasteiger partial charge in [-0.05, 0) is 0 Å². The van der Waals surface area contributed by atoms with Crippen LogP contribution in [0.2, 0.25) is 0 Å². The summed E-state index contributed by atoms with van der Waals surface area (Å²) in [5.41, 5.74) is 4.77. The molecule has 64 valence electrons. The summed E-state index contributed by atoms with van der Waals surface area (Å²) in [6.45, 7) is 0. The van der Waals surface area contributed by atoms with Gasteiger partial charge in [-0.3, -0.25) is 9.59 Å². The molecule has 0 bridgehead atoms. The second kappa shape index (κ2) is 3.87. The van der Waals surface area contributed by atoms with E-state index in [1.165, 1.54) is 0 Å². The molecule has 0 saturated heterocycles. The molecule has 0 amide bonds. The van der Waals surface area contributed by atoms with Crippen molar-refractivity contribution in [3.63, 3.8) is 0 Å². The van der Waals surface area contributed by atoms with Crippen LogP contribution in [0, 0.1) is 0 Å². The first-order valence-electron chi connectivity index (χ1n) is 2.79. The SMILES string of the molecule is N[C@H](C(=O)O)[C@H](F)CC(=O)O. The fourth-order valence-corrected chi connectivity index (χ4v) is 0.448. The highest BCUT2D eigenvalue weighted by atomic mass is 19.1. The minimum atomic E-state index is -2.04. The van der Waals surface area contributed by atoms with E-state index in [2.05, 4.69) is 0 Å². The van der Waals surface area contributed by atoms with Crippen molar-refractivity contribution in [2.24, 2.45) is 5.73 Å². The lowest BCUT2D eigenvalue weighted by Gasteiger charge is -2.08. The average molecular weight is 165 g/mol. The van der Waals surface area contributed by atoms with E-state index in [9.17, 15) is 14.0 Å². The zero-order valence-corrected chi connectivity index (χ0v) is 5.53. The predicted molar refractivity (Wildman–Crippen MR) is 32.8 cm³/mol. The Balaban J connectivity index is 3.92. The molecule has 0 unspecified atom stereocenters. The fraction of sp³-hybridized carbons (Fsp3) is 0.600. The summed E-state index contributed by atoms with van der Waals surface area (Å²) in [6, 6.07) is -1.76. The molecule has 4 N–H and O–H groups in total. The summed E-state index contributed by atoms with van der Waals surface area (Å²) in [5, 5.41) is 16.1. The van der Waals surface area contributed by atoms with Gasteiger partial charge in [0.15, 0.2) is 0 Å². The van der Waals surface area contributed by atoms with Crippen LogP contribution in [0.3, 0.4) is 0 Å². The number of nitrogens with two attached hydrogens (primary N) is 1. The molecule has 2 atom stereocenters. The van der Waals surface area contributed by atoms with Gasteiger partial charge >= 0.3 is 11.9 Å². The maximum atomic E-state index is 12.4. The van der Waals surface area contributed by atoms with E-state index in [-0.39, 0.29) is 0 Å². The van der Waals surface area contributed by atoms with Crippen LogP contribution in [-0.4, -0.2) is 34.4 Å². The zero-order valence-electron chi connectivity index (χ0n) is 5.53. The minimum Gasteiger partial charge on any atom is -0.481 e. The van der Waals surface area contributed by atoms with Gasteiger partial charge in [-0.2, -0.15) is 0 Å². The van der Waals surface area contributed by atoms with Crippen LogP contribution in [0.1, 0.15) is 6.42 Å². The number of carboxylic acid groups (broad SMARTS) is 2. The van der Waals surface area contributed by atoms with Crippen LogP contribution >= 0.6 is 0 Å². The summed E-state index contributed by atoms with van der Waals surface area (Å²) in [7, 11) is 0. The summed E-state index contributed by atoms with van der Waals surface area (Å²) < 4.78 is 12.4. The summed E-state index contributed by atoms with van der Waals surface area (Å²) in [4.78, 5) is 19.8. The molecule has 0 aromatic carbocycles. The molecular formula is C5H8FNO4. The van der Waals surface area contributed by atoms with Crippen LogP contribution in [-0.2, 0) is 9.59 Å². The molecule has 5 nitrogen and oxygen atoms in total. The highest BCUT2D eigenvalue weighted by Crippen LogP contribution is 2.02. The normalized spacial score (nSPS) is 15.5. The van der Waals surface area contributed by atoms with Crippen LogP contribution in [0.15, 0.2) is 0 Å². The molecule has 0 aliphatic carbocycles. The third kappa shape index (κ3) is 3.51. The number of hydrogen-bond acceptors (Lipinski definition) is 3. The van der Waals surface area contributed by atoms with Gasteiger partial charge in [0.1, 0.15) is 12.2 Å². The van der Waals surface area contributed by atoms with Gasteiger partial charge in [-0.15, -0.1) is 0 Å². The van der Waals surface area contributed by atoms with Crippen LogP contribution in [0.25, 0.3) is 0 Å². The highest BCUT2D eigenvalue weighted by Gasteiger charge is 2.25. The Kier molecular flexibility index (Phi) is 3.46. The van der Waals surface area contributed by atoms with Gasteiger partial charge < -0.3 is 15.9 Å². The van der Waals surface area contributed by atoms with Crippen molar-refractivity contribution >= 4 is 11.9 Å². The van der Waals surface area contributed by atoms with Crippen molar-refractivity contribution in [2.75, 3.05) is 0 Å². The van der Waals surface area contributed by atoms with E-state index in [0.29, 0.717) is 0 Å². The van der Waals surface area contributed by atoms with Gasteiger partial charge in [-0.1, -0.05) is 0 Å². The third-order valence-electron chi connectivity index (χ3n) is 1.04. The summed E-state index contributed by atoms with van der Waals surface area (Å²) in [6.07, 6.45) is -2.92. The Morgan fingerprint density at radius 1 is 1.45 bits per heavy atom. The number of rotatable bonds is 4. The second-order valence-electron chi connectivity index (χ2n) is 1.98. The molecule has 0 fully saturated rings. The Labute approximate surface area is 61.6 Å². The molecule has 0 aliphatic heterocycles. The van der Waals surface area contributed by atoms with Crippen molar-refractivity contribution < 1.29 is 24.2 Å². The standard InChI is InChI=1S/C5H8FNO4/c6-2(1-3(8)9)4(7)5(10)11/h2,4H,1,7H2,(H,8,9)(H,10,11)/t2-,4+/m1/s1. The van der Waals surface area contributed by atoms with Crippen molar-refractivity contribution in [2.45, 2.75) is 18.6 Å². The van der Waals surface area contributed by atoms with E-state index in [1.54, 1.807) is 0 Å². The van der Waals surface area contributed by atoms with Crippen molar-refractivity contribution in [1.82, 2.24) is 0 Å². The van der Waals surface area contributed by atoms with E-state index < -0.39 is 30.6 Å². The Morgan fingerprint density at radius 2 is 1.91 bits per heavy atom. The summed E-state index contributed by atoms with van der Waals surface area (Å²) in [5.74, 6) is -2.95. The Hall–Kier alpha value is -1.17. The maximum Gasteiger partial charge on any atom is 0.323 e. The largest absolute Gasteiger partial charge is 0.481 e. The molecule has 0 rings (SSSR count). The number of halogens is 1. The highest BCUT2D eigenvalue weighted by molar-refractivity contribution is 5.76. The van der Waals surface area contributed by atoms with Crippen molar-refractivity contribution in [1.29, 1.82) is 0 Å². The Bertz CT molecular complexity index is 172. The van der Waals surface area contributed by atoms with Gasteiger partial charge in [-0.25, -0.2) is 4.39 Å².